The molecule has 0 saturated carbocycles. The summed E-state index contributed by atoms with van der Waals surface area (Å²) in [6, 6.07) is 30.2. The molecule has 42 heavy (non-hydrogen) atoms. The first-order chi connectivity index (χ1) is 20.2. The number of hydrogen-bond acceptors (Lipinski definition) is 5. The maximum atomic E-state index is 13.5. The van der Waals surface area contributed by atoms with Crippen molar-refractivity contribution in [2.75, 3.05) is 44.2 Å². The number of piperidine rings is 3. The minimum atomic E-state index is -5.19. The van der Waals surface area contributed by atoms with Crippen LogP contribution in [-0.2, 0) is 16.0 Å². The van der Waals surface area contributed by atoms with Crippen LogP contribution >= 0.6 is 0 Å². The van der Waals surface area contributed by atoms with Gasteiger partial charge < -0.3 is 23.9 Å². The fraction of sp³-hybridized carbons (Fsp3) is 0.375. The van der Waals surface area contributed by atoms with E-state index >= 15 is 0 Å². The Labute approximate surface area is 243 Å². The summed E-state index contributed by atoms with van der Waals surface area (Å²) in [7, 11) is 0. The van der Waals surface area contributed by atoms with Crippen LogP contribution in [0.4, 0.5) is 23.7 Å². The number of rotatable bonds is 9. The number of para-hydroxylation sites is 2. The Morgan fingerprint density at radius 1 is 0.881 bits per heavy atom. The molecule has 224 valence electrons. The highest BCUT2D eigenvalue weighted by Crippen LogP contribution is 2.36. The maximum Gasteiger partial charge on any atom is 0.430 e. The number of alkyl halides is 3. The molecule has 3 saturated heterocycles. The number of nitrogens with zero attached hydrogens (tertiary/aromatic N) is 2. The number of aliphatic carboxylic acids is 1. The summed E-state index contributed by atoms with van der Waals surface area (Å²) in [5.41, 5.74) is 2.10. The predicted molar refractivity (Wildman–Crippen MR) is 150 cm³/mol. The number of carbonyl (C=O) groups is 2. The molecule has 1 atom stereocenters. The number of hydrogen-bond donors (Lipinski definition) is 0. The van der Waals surface area contributed by atoms with Crippen LogP contribution in [0.1, 0.15) is 18.4 Å². The van der Waals surface area contributed by atoms with Gasteiger partial charge in [-0.3, -0.25) is 4.90 Å². The molecule has 3 fully saturated rings. The number of quaternary nitrogens is 1. The summed E-state index contributed by atoms with van der Waals surface area (Å²) in [6.07, 6.45) is -2.46. The third-order valence-corrected chi connectivity index (χ3v) is 7.86. The number of ether oxygens (including phenoxy) is 2. The van der Waals surface area contributed by atoms with E-state index in [9.17, 15) is 18.0 Å². The molecule has 2 bridgehead atoms. The van der Waals surface area contributed by atoms with Crippen LogP contribution in [-0.4, -0.2) is 68.2 Å². The molecule has 3 aliphatic heterocycles. The summed E-state index contributed by atoms with van der Waals surface area (Å²) >= 11 is 0. The van der Waals surface area contributed by atoms with Crippen LogP contribution in [0, 0.1) is 5.92 Å². The fourth-order valence-electron chi connectivity index (χ4n) is 5.56. The first-order valence-corrected chi connectivity index (χ1v) is 14.0. The van der Waals surface area contributed by atoms with E-state index in [-0.39, 0.29) is 12.2 Å². The Kier molecular flexibility index (Phi) is 10.5. The standard InChI is InChI=1S/C30H35N2O3.C2HF3O2/c33-30(31(27-12-6-2-7-13-27)19-16-25-10-4-1-5-11-25)35-29-24-32(20-17-26(29)18-21-32)22-23-34-28-14-8-3-9-15-28;3-2(4,5)1(6)7/h1-15,26,29H,16-24H2;(H,6,7)/q+1;/p-1/t26?,29-,32?;/m0./s1. The number of halogens is 3. The van der Waals surface area contributed by atoms with Gasteiger partial charge in [0.1, 0.15) is 31.4 Å². The minimum absolute atomic E-state index is 0.0373. The largest absolute Gasteiger partial charge is 0.542 e. The van der Waals surface area contributed by atoms with Crippen LogP contribution < -0.4 is 14.7 Å². The summed E-state index contributed by atoms with van der Waals surface area (Å²) in [5, 5.41) is 8.78. The minimum Gasteiger partial charge on any atom is -0.542 e. The zero-order chi connectivity index (χ0) is 30.0. The molecule has 7 nitrogen and oxygen atoms in total. The van der Waals surface area contributed by atoms with Gasteiger partial charge in [-0.25, -0.2) is 4.79 Å². The zero-order valence-corrected chi connectivity index (χ0v) is 23.2. The van der Waals surface area contributed by atoms with Crippen molar-refractivity contribution in [3.63, 3.8) is 0 Å². The predicted octanol–water partition coefficient (Wildman–Crippen LogP) is 4.86. The smallest absolute Gasteiger partial charge is 0.430 e. The van der Waals surface area contributed by atoms with Crippen LogP contribution in [0.25, 0.3) is 0 Å². The number of amides is 1. The second kappa shape index (κ2) is 14.2. The number of carboxylic acids is 1. The molecular formula is C32H35F3N2O5. The van der Waals surface area contributed by atoms with Gasteiger partial charge in [-0.1, -0.05) is 66.7 Å². The third kappa shape index (κ3) is 8.72. The Bertz CT molecular complexity index is 1270. The van der Waals surface area contributed by atoms with Gasteiger partial charge in [0, 0.05) is 31.0 Å². The molecule has 3 heterocycles. The molecule has 0 spiro atoms. The maximum absolute atomic E-state index is 13.5. The van der Waals surface area contributed by atoms with E-state index in [1.54, 1.807) is 4.90 Å². The lowest BCUT2D eigenvalue weighted by Gasteiger charge is -2.52. The number of anilines is 1. The summed E-state index contributed by atoms with van der Waals surface area (Å²) in [6.45, 7) is 5.40. The van der Waals surface area contributed by atoms with E-state index in [1.165, 1.54) is 5.56 Å². The van der Waals surface area contributed by atoms with E-state index in [0.29, 0.717) is 19.1 Å². The number of benzene rings is 3. The summed E-state index contributed by atoms with van der Waals surface area (Å²) in [5.74, 6) is -1.63. The molecule has 0 N–H and O–H groups in total. The SMILES string of the molecule is O=C(O[C@H]1C[N+]2(CCOc3ccccc3)CCC1CC2)N(CCc1ccccc1)c1ccccc1.O=C([O-])C(F)(F)F. The Hall–Kier alpha value is -4.05. The van der Waals surface area contributed by atoms with Gasteiger partial charge in [0.2, 0.25) is 0 Å². The van der Waals surface area contributed by atoms with Crippen molar-refractivity contribution in [2.24, 2.45) is 5.92 Å². The molecule has 0 unspecified atom stereocenters. The third-order valence-electron chi connectivity index (χ3n) is 7.86. The van der Waals surface area contributed by atoms with Gasteiger partial charge in [-0.05, 0) is 36.2 Å². The molecule has 0 aromatic heterocycles. The molecule has 0 aliphatic carbocycles. The van der Waals surface area contributed by atoms with E-state index in [4.69, 9.17) is 19.4 Å². The highest BCUT2D eigenvalue weighted by Gasteiger charge is 2.47. The summed E-state index contributed by atoms with van der Waals surface area (Å²) in [4.78, 5) is 24.1. The second-order valence-corrected chi connectivity index (χ2v) is 10.6. The normalized spacial score (nSPS) is 21.0. The van der Waals surface area contributed by atoms with Crippen molar-refractivity contribution >= 4 is 17.7 Å². The van der Waals surface area contributed by atoms with Gasteiger partial charge in [-0.2, -0.15) is 13.2 Å². The lowest BCUT2D eigenvalue weighted by atomic mass is 9.83. The molecule has 3 aliphatic rings. The number of carboxylic acid groups (broad SMARTS) is 1. The van der Waals surface area contributed by atoms with Crippen molar-refractivity contribution < 1.29 is 41.8 Å². The first kappa shape index (κ1) is 30.9. The van der Waals surface area contributed by atoms with Gasteiger partial charge in [0.25, 0.3) is 0 Å². The Morgan fingerprint density at radius 2 is 1.43 bits per heavy atom. The van der Waals surface area contributed by atoms with E-state index < -0.39 is 12.1 Å². The van der Waals surface area contributed by atoms with Crippen LogP contribution in [0.5, 0.6) is 5.75 Å². The Morgan fingerprint density at radius 3 is 2.00 bits per heavy atom. The number of carbonyl (C=O) groups excluding carboxylic acids is 2. The molecule has 0 radical (unpaired) electrons. The monoisotopic (exact) mass is 584 g/mol. The fourth-order valence-corrected chi connectivity index (χ4v) is 5.56. The Balaban J connectivity index is 0.000000517. The van der Waals surface area contributed by atoms with Crippen LogP contribution in [0.2, 0.25) is 0 Å². The first-order valence-electron chi connectivity index (χ1n) is 14.0. The topological polar surface area (TPSA) is 78.9 Å². The van der Waals surface area contributed by atoms with Crippen molar-refractivity contribution in [1.82, 2.24) is 0 Å². The van der Waals surface area contributed by atoms with Crippen molar-refractivity contribution in [2.45, 2.75) is 31.5 Å². The quantitative estimate of drug-likeness (QED) is 0.336. The second-order valence-electron chi connectivity index (χ2n) is 10.6. The van der Waals surface area contributed by atoms with Crippen LogP contribution in [0.3, 0.4) is 0 Å². The van der Waals surface area contributed by atoms with Crippen molar-refractivity contribution in [3.05, 3.63) is 96.6 Å². The van der Waals surface area contributed by atoms with E-state index in [2.05, 4.69) is 12.1 Å². The lowest BCUT2D eigenvalue weighted by Crippen LogP contribution is -2.65. The molecule has 6 rings (SSSR count). The van der Waals surface area contributed by atoms with Crippen molar-refractivity contribution in [3.8, 4) is 5.75 Å². The van der Waals surface area contributed by atoms with Crippen molar-refractivity contribution in [1.29, 1.82) is 0 Å². The number of fused-ring (bicyclic) bond motifs is 3. The average molecular weight is 585 g/mol. The molecule has 10 heteroatoms. The van der Waals surface area contributed by atoms with Gasteiger partial charge >= 0.3 is 12.3 Å². The van der Waals surface area contributed by atoms with Crippen LogP contribution in [0.15, 0.2) is 91.0 Å². The molecule has 3 aromatic carbocycles. The van der Waals surface area contributed by atoms with Gasteiger partial charge in [0.15, 0.2) is 6.10 Å². The summed E-state index contributed by atoms with van der Waals surface area (Å²) < 4.78 is 44.8. The highest BCUT2D eigenvalue weighted by molar-refractivity contribution is 5.87. The average Bonchev–Trinajstić information content (AvgIpc) is 2.99. The van der Waals surface area contributed by atoms with E-state index in [0.717, 1.165) is 61.4 Å². The van der Waals surface area contributed by atoms with E-state index in [1.807, 2.05) is 78.9 Å². The molecular weight excluding hydrogens is 549 g/mol. The molecule has 3 aromatic rings. The molecule has 1 amide bonds. The van der Waals surface area contributed by atoms with Gasteiger partial charge in [-0.15, -0.1) is 0 Å². The lowest BCUT2D eigenvalue weighted by molar-refractivity contribution is -0.946. The highest BCUT2D eigenvalue weighted by atomic mass is 19.4. The van der Waals surface area contributed by atoms with Gasteiger partial charge in [0.05, 0.1) is 13.1 Å². The zero-order valence-electron chi connectivity index (χ0n) is 23.2.